The zero-order valence-corrected chi connectivity index (χ0v) is 7.08. The molecule has 2 heteroatoms. The molecular formula is C7H16ClN. The number of halogens is 1. The van der Waals surface area contributed by atoms with Gasteiger partial charge in [0.05, 0.1) is 0 Å². The normalized spacial score (nSPS) is 8.78. The van der Waals surface area contributed by atoms with Crippen LogP contribution in [-0.2, 0) is 0 Å². The summed E-state index contributed by atoms with van der Waals surface area (Å²) in [7, 11) is 4.17. The number of unbranched alkanes of at least 4 members (excludes halogenated alkanes) is 1. The highest BCUT2D eigenvalue weighted by molar-refractivity contribution is 5.85. The van der Waals surface area contributed by atoms with Crippen LogP contribution in [0, 0.1) is 0 Å². The Hall–Kier alpha value is -0.0100. The van der Waals surface area contributed by atoms with Gasteiger partial charge < -0.3 is 4.90 Å². The Morgan fingerprint density at radius 3 is 2.33 bits per heavy atom. The topological polar surface area (TPSA) is 3.24 Å². The number of hydrogen-bond acceptors (Lipinski definition) is 1. The lowest BCUT2D eigenvalue weighted by atomic mass is 10.3. The van der Waals surface area contributed by atoms with Crippen LogP contribution in [-0.4, -0.2) is 25.5 Å². The first-order chi connectivity index (χ1) is 3.77. The molecule has 0 amide bonds. The minimum absolute atomic E-state index is 0. The van der Waals surface area contributed by atoms with Crippen LogP contribution in [0.15, 0.2) is 12.7 Å². The summed E-state index contributed by atoms with van der Waals surface area (Å²) < 4.78 is 0. The fourth-order valence-electron chi connectivity index (χ4n) is 0.552. The predicted molar refractivity (Wildman–Crippen MR) is 45.2 cm³/mol. The largest absolute Gasteiger partial charge is 0.309 e. The molecule has 0 saturated carbocycles. The standard InChI is InChI=1S/C7H15N.ClH/c1-4-5-6-7-8(2)3;/h4H,1,5-7H2,2-3H3;1H. The third kappa shape index (κ3) is 11.5. The van der Waals surface area contributed by atoms with Crippen molar-refractivity contribution >= 4 is 12.4 Å². The lowest BCUT2D eigenvalue weighted by Gasteiger charge is -2.06. The molecule has 0 aliphatic rings. The second-order valence-electron chi connectivity index (χ2n) is 2.23. The van der Waals surface area contributed by atoms with E-state index < -0.39 is 0 Å². The molecule has 0 bridgehead atoms. The summed E-state index contributed by atoms with van der Waals surface area (Å²) in [6.07, 6.45) is 4.33. The Morgan fingerprint density at radius 2 is 2.00 bits per heavy atom. The van der Waals surface area contributed by atoms with E-state index in [1.165, 1.54) is 13.0 Å². The SMILES string of the molecule is C=CCCCN(C)C.Cl. The van der Waals surface area contributed by atoms with Crippen LogP contribution in [0.3, 0.4) is 0 Å². The Balaban J connectivity index is 0. The van der Waals surface area contributed by atoms with Crippen molar-refractivity contribution in [2.75, 3.05) is 20.6 Å². The van der Waals surface area contributed by atoms with E-state index in [2.05, 4.69) is 25.6 Å². The number of rotatable bonds is 4. The summed E-state index contributed by atoms with van der Waals surface area (Å²) in [5.41, 5.74) is 0. The first-order valence-corrected chi connectivity index (χ1v) is 3.03. The summed E-state index contributed by atoms with van der Waals surface area (Å²) in [6.45, 7) is 4.81. The fraction of sp³-hybridized carbons (Fsp3) is 0.714. The van der Waals surface area contributed by atoms with E-state index in [0.717, 1.165) is 6.42 Å². The first kappa shape index (κ1) is 11.7. The van der Waals surface area contributed by atoms with E-state index in [1.807, 2.05) is 6.08 Å². The Labute approximate surface area is 64.2 Å². The second-order valence-corrected chi connectivity index (χ2v) is 2.23. The zero-order chi connectivity index (χ0) is 6.41. The van der Waals surface area contributed by atoms with Crippen molar-refractivity contribution in [1.29, 1.82) is 0 Å². The molecule has 0 heterocycles. The van der Waals surface area contributed by atoms with Gasteiger partial charge in [-0.3, -0.25) is 0 Å². The average Bonchev–Trinajstić information content (AvgIpc) is 1.66. The Bertz CT molecular complexity index is 61.9. The highest BCUT2D eigenvalue weighted by atomic mass is 35.5. The van der Waals surface area contributed by atoms with E-state index in [9.17, 15) is 0 Å². The molecule has 0 aliphatic heterocycles. The summed E-state index contributed by atoms with van der Waals surface area (Å²) in [4.78, 5) is 2.18. The molecule has 56 valence electrons. The summed E-state index contributed by atoms with van der Waals surface area (Å²) in [5, 5.41) is 0. The monoisotopic (exact) mass is 149 g/mol. The van der Waals surface area contributed by atoms with Gasteiger partial charge in [-0.05, 0) is 33.5 Å². The van der Waals surface area contributed by atoms with Crippen LogP contribution in [0.1, 0.15) is 12.8 Å². The molecule has 0 unspecified atom stereocenters. The Morgan fingerprint density at radius 1 is 1.44 bits per heavy atom. The lowest BCUT2D eigenvalue weighted by molar-refractivity contribution is 0.402. The van der Waals surface area contributed by atoms with E-state index in [1.54, 1.807) is 0 Å². The highest BCUT2D eigenvalue weighted by Gasteiger charge is 1.85. The molecular weight excluding hydrogens is 134 g/mol. The maximum Gasteiger partial charge on any atom is -0.00219 e. The maximum absolute atomic E-state index is 3.64. The van der Waals surface area contributed by atoms with Gasteiger partial charge in [0.25, 0.3) is 0 Å². The number of hydrogen-bond donors (Lipinski definition) is 0. The van der Waals surface area contributed by atoms with Gasteiger partial charge >= 0.3 is 0 Å². The van der Waals surface area contributed by atoms with E-state index in [4.69, 9.17) is 0 Å². The Kier molecular flexibility index (Phi) is 10.4. The average molecular weight is 150 g/mol. The highest BCUT2D eigenvalue weighted by Crippen LogP contribution is 1.89. The van der Waals surface area contributed by atoms with Gasteiger partial charge in [0.1, 0.15) is 0 Å². The molecule has 9 heavy (non-hydrogen) atoms. The molecule has 1 nitrogen and oxygen atoms in total. The molecule has 0 aromatic carbocycles. The predicted octanol–water partition coefficient (Wildman–Crippen LogP) is 1.94. The first-order valence-electron chi connectivity index (χ1n) is 3.03. The van der Waals surface area contributed by atoms with Gasteiger partial charge in [-0.15, -0.1) is 19.0 Å². The summed E-state index contributed by atoms with van der Waals surface area (Å²) in [6, 6.07) is 0. The van der Waals surface area contributed by atoms with Crippen molar-refractivity contribution in [3.63, 3.8) is 0 Å². The van der Waals surface area contributed by atoms with Crippen LogP contribution in [0.4, 0.5) is 0 Å². The van der Waals surface area contributed by atoms with E-state index >= 15 is 0 Å². The number of allylic oxidation sites excluding steroid dienone is 1. The third-order valence-corrected chi connectivity index (χ3v) is 1.01. The van der Waals surface area contributed by atoms with E-state index in [0.29, 0.717) is 0 Å². The van der Waals surface area contributed by atoms with Crippen LogP contribution >= 0.6 is 12.4 Å². The number of nitrogens with zero attached hydrogens (tertiary/aromatic N) is 1. The molecule has 0 saturated heterocycles. The minimum atomic E-state index is 0. The molecule has 0 fully saturated rings. The van der Waals surface area contributed by atoms with Crippen molar-refractivity contribution in [2.24, 2.45) is 0 Å². The molecule has 0 aromatic heterocycles. The van der Waals surface area contributed by atoms with Crippen LogP contribution in [0.25, 0.3) is 0 Å². The summed E-state index contributed by atoms with van der Waals surface area (Å²) >= 11 is 0. The lowest BCUT2D eigenvalue weighted by Crippen LogP contribution is -2.12. The van der Waals surface area contributed by atoms with Gasteiger partial charge in [0, 0.05) is 0 Å². The van der Waals surface area contributed by atoms with Gasteiger partial charge in [-0.1, -0.05) is 6.08 Å². The maximum atomic E-state index is 3.64. The van der Waals surface area contributed by atoms with Crippen molar-refractivity contribution in [2.45, 2.75) is 12.8 Å². The molecule has 0 aromatic rings. The summed E-state index contributed by atoms with van der Waals surface area (Å²) in [5.74, 6) is 0. The van der Waals surface area contributed by atoms with Gasteiger partial charge in [0.2, 0.25) is 0 Å². The molecule has 0 spiro atoms. The molecule has 0 N–H and O–H groups in total. The second kappa shape index (κ2) is 7.99. The molecule has 0 rings (SSSR count). The van der Waals surface area contributed by atoms with Gasteiger partial charge in [0.15, 0.2) is 0 Å². The molecule has 0 radical (unpaired) electrons. The fourth-order valence-corrected chi connectivity index (χ4v) is 0.552. The van der Waals surface area contributed by atoms with E-state index in [-0.39, 0.29) is 12.4 Å². The molecule has 0 atom stereocenters. The van der Waals surface area contributed by atoms with Crippen molar-refractivity contribution in [3.05, 3.63) is 12.7 Å². The van der Waals surface area contributed by atoms with Crippen LogP contribution < -0.4 is 0 Å². The minimum Gasteiger partial charge on any atom is -0.309 e. The van der Waals surface area contributed by atoms with Crippen LogP contribution in [0.5, 0.6) is 0 Å². The van der Waals surface area contributed by atoms with Crippen LogP contribution in [0.2, 0.25) is 0 Å². The van der Waals surface area contributed by atoms with Gasteiger partial charge in [-0.25, -0.2) is 0 Å². The van der Waals surface area contributed by atoms with Crippen molar-refractivity contribution in [3.8, 4) is 0 Å². The third-order valence-electron chi connectivity index (χ3n) is 1.01. The molecule has 0 aliphatic carbocycles. The van der Waals surface area contributed by atoms with Gasteiger partial charge in [-0.2, -0.15) is 0 Å². The zero-order valence-electron chi connectivity index (χ0n) is 6.26. The quantitative estimate of drug-likeness (QED) is 0.436. The van der Waals surface area contributed by atoms with Crippen molar-refractivity contribution in [1.82, 2.24) is 4.90 Å². The smallest absolute Gasteiger partial charge is 0.00219 e. The van der Waals surface area contributed by atoms with Crippen molar-refractivity contribution < 1.29 is 0 Å².